The molecule has 0 spiro atoms. The maximum Gasteiger partial charge on any atom is 0.310 e. The Bertz CT molecular complexity index is 802. The predicted octanol–water partition coefficient (Wildman–Crippen LogP) is 4.20. The van der Waals surface area contributed by atoms with Gasteiger partial charge in [0, 0.05) is 12.5 Å². The van der Waals surface area contributed by atoms with Crippen LogP contribution in [-0.2, 0) is 9.59 Å². The summed E-state index contributed by atoms with van der Waals surface area (Å²) in [6, 6.07) is 12.4. The van der Waals surface area contributed by atoms with E-state index in [1.807, 2.05) is 0 Å². The molecule has 0 heterocycles. The summed E-state index contributed by atoms with van der Waals surface area (Å²) < 4.78 is 18.9. The fraction of sp³-hybridized carbons (Fsp3) is 0.263. The maximum atomic E-state index is 13.3. The number of ether oxygens (including phenoxy) is 1. The molecule has 2 N–H and O–H groups in total. The zero-order chi connectivity index (χ0) is 17.9. The van der Waals surface area contributed by atoms with Gasteiger partial charge >= 0.3 is 5.97 Å². The van der Waals surface area contributed by atoms with Crippen molar-refractivity contribution in [1.82, 2.24) is 0 Å². The van der Waals surface area contributed by atoms with Crippen molar-refractivity contribution < 1.29 is 23.8 Å². The summed E-state index contributed by atoms with van der Waals surface area (Å²) in [6.45, 7) is 0. The minimum absolute atomic E-state index is 0.0728. The summed E-state index contributed by atoms with van der Waals surface area (Å²) in [7, 11) is 0. The van der Waals surface area contributed by atoms with E-state index >= 15 is 0 Å². The molecule has 25 heavy (non-hydrogen) atoms. The van der Waals surface area contributed by atoms with Crippen LogP contribution in [0.2, 0.25) is 0 Å². The van der Waals surface area contributed by atoms with Crippen LogP contribution in [0.1, 0.15) is 25.7 Å². The first-order valence-electron chi connectivity index (χ1n) is 8.04. The van der Waals surface area contributed by atoms with Crippen LogP contribution in [0.5, 0.6) is 11.5 Å². The molecule has 0 unspecified atom stereocenters. The summed E-state index contributed by atoms with van der Waals surface area (Å²) in [5.74, 6) is -1.06. The van der Waals surface area contributed by atoms with E-state index < -0.39 is 17.2 Å². The van der Waals surface area contributed by atoms with E-state index in [2.05, 4.69) is 5.32 Å². The lowest BCUT2D eigenvalue weighted by Gasteiger charge is -2.36. The molecule has 1 saturated carbocycles. The minimum atomic E-state index is -0.956. The molecule has 1 fully saturated rings. The van der Waals surface area contributed by atoms with Crippen LogP contribution in [0, 0.1) is 11.2 Å². The van der Waals surface area contributed by atoms with Crippen molar-refractivity contribution >= 4 is 17.6 Å². The van der Waals surface area contributed by atoms with Gasteiger partial charge in [0.05, 0.1) is 11.1 Å². The fourth-order valence-electron chi connectivity index (χ4n) is 2.89. The summed E-state index contributed by atoms with van der Waals surface area (Å²) >= 11 is 0. The molecule has 0 aromatic heterocycles. The van der Waals surface area contributed by atoms with Crippen LogP contribution < -0.4 is 10.1 Å². The largest absolute Gasteiger partial charge is 0.481 e. The van der Waals surface area contributed by atoms with E-state index in [0.717, 1.165) is 6.42 Å². The quantitative estimate of drug-likeness (QED) is 0.824. The standard InChI is InChI=1S/C19H18FNO4/c20-13-5-3-6-14(11-13)25-16-8-2-1-7-15(16)21-17(22)12-19(18(23)24)9-4-10-19/h1-3,5-8,11H,4,9-10,12H2,(H,21,22)(H,23,24). The van der Waals surface area contributed by atoms with Crippen molar-refractivity contribution in [2.75, 3.05) is 5.32 Å². The molecule has 1 aliphatic rings. The van der Waals surface area contributed by atoms with E-state index in [4.69, 9.17) is 4.74 Å². The van der Waals surface area contributed by atoms with E-state index in [9.17, 15) is 19.1 Å². The lowest BCUT2D eigenvalue weighted by molar-refractivity contribution is -0.157. The molecule has 1 aliphatic carbocycles. The topological polar surface area (TPSA) is 75.6 Å². The Morgan fingerprint density at radius 2 is 1.92 bits per heavy atom. The molecule has 2 aromatic rings. The van der Waals surface area contributed by atoms with E-state index in [1.54, 1.807) is 30.3 Å². The second-order valence-electron chi connectivity index (χ2n) is 6.22. The van der Waals surface area contributed by atoms with Crippen molar-refractivity contribution in [3.8, 4) is 11.5 Å². The number of amides is 1. The van der Waals surface area contributed by atoms with Crippen molar-refractivity contribution in [2.45, 2.75) is 25.7 Å². The van der Waals surface area contributed by atoms with Gasteiger partial charge in [-0.05, 0) is 37.1 Å². The molecule has 3 rings (SSSR count). The molecule has 2 aromatic carbocycles. The third-order valence-corrected chi connectivity index (χ3v) is 4.45. The maximum absolute atomic E-state index is 13.3. The Balaban J connectivity index is 1.72. The Kier molecular flexibility index (Phi) is 4.70. The Morgan fingerprint density at radius 1 is 1.16 bits per heavy atom. The number of hydrogen-bond donors (Lipinski definition) is 2. The van der Waals surface area contributed by atoms with E-state index in [-0.39, 0.29) is 12.3 Å². The highest BCUT2D eigenvalue weighted by molar-refractivity contribution is 5.95. The number of carbonyl (C=O) groups is 2. The number of benzene rings is 2. The van der Waals surface area contributed by atoms with Gasteiger partial charge < -0.3 is 15.2 Å². The van der Waals surface area contributed by atoms with Crippen molar-refractivity contribution in [3.05, 3.63) is 54.3 Å². The van der Waals surface area contributed by atoms with Crippen molar-refractivity contribution in [3.63, 3.8) is 0 Å². The zero-order valence-electron chi connectivity index (χ0n) is 13.5. The normalized spacial score (nSPS) is 15.1. The number of aliphatic carboxylic acids is 1. The fourth-order valence-corrected chi connectivity index (χ4v) is 2.89. The van der Waals surface area contributed by atoms with Gasteiger partial charge in [-0.2, -0.15) is 0 Å². The number of rotatable bonds is 6. The monoisotopic (exact) mass is 343 g/mol. The average Bonchev–Trinajstić information content (AvgIpc) is 2.52. The third kappa shape index (κ3) is 3.79. The first-order valence-corrected chi connectivity index (χ1v) is 8.04. The molecular weight excluding hydrogens is 325 g/mol. The molecular formula is C19H18FNO4. The van der Waals surface area contributed by atoms with Gasteiger partial charge in [0.2, 0.25) is 5.91 Å². The Labute approximate surface area is 144 Å². The van der Waals surface area contributed by atoms with Crippen molar-refractivity contribution in [1.29, 1.82) is 0 Å². The molecule has 0 aliphatic heterocycles. The second-order valence-corrected chi connectivity index (χ2v) is 6.22. The number of halogens is 1. The summed E-state index contributed by atoms with van der Waals surface area (Å²) in [5, 5.41) is 12.0. The van der Waals surface area contributed by atoms with Gasteiger partial charge in [0.25, 0.3) is 0 Å². The number of hydrogen-bond acceptors (Lipinski definition) is 3. The van der Waals surface area contributed by atoms with E-state index in [1.165, 1.54) is 18.2 Å². The molecule has 5 nitrogen and oxygen atoms in total. The van der Waals surface area contributed by atoms with Gasteiger partial charge in [-0.25, -0.2) is 4.39 Å². The highest BCUT2D eigenvalue weighted by Gasteiger charge is 2.45. The second kappa shape index (κ2) is 6.93. The predicted molar refractivity (Wildman–Crippen MR) is 90.1 cm³/mol. The van der Waals surface area contributed by atoms with Crippen molar-refractivity contribution in [2.24, 2.45) is 5.41 Å². The first-order chi connectivity index (χ1) is 12.0. The molecule has 1 amide bonds. The first kappa shape index (κ1) is 17.0. The van der Waals surface area contributed by atoms with Crippen LogP contribution in [0.3, 0.4) is 0 Å². The molecule has 6 heteroatoms. The number of anilines is 1. The SMILES string of the molecule is O=C(CC1(C(=O)O)CCC1)Nc1ccccc1Oc1cccc(F)c1. The molecule has 0 bridgehead atoms. The van der Waals surface area contributed by atoms with Crippen LogP contribution in [-0.4, -0.2) is 17.0 Å². The van der Waals surface area contributed by atoms with Gasteiger partial charge in [-0.15, -0.1) is 0 Å². The van der Waals surface area contributed by atoms with Crippen LogP contribution in [0.25, 0.3) is 0 Å². The number of carbonyl (C=O) groups excluding carboxylic acids is 1. The van der Waals surface area contributed by atoms with Crippen LogP contribution in [0.4, 0.5) is 10.1 Å². The number of carboxylic acid groups (broad SMARTS) is 1. The van der Waals surface area contributed by atoms with Gasteiger partial charge in [0.1, 0.15) is 11.6 Å². The molecule has 0 atom stereocenters. The Hall–Kier alpha value is -2.89. The van der Waals surface area contributed by atoms with Gasteiger partial charge in [-0.1, -0.05) is 24.6 Å². The number of nitrogens with one attached hydrogen (secondary N) is 1. The number of para-hydroxylation sites is 2. The molecule has 0 saturated heterocycles. The van der Waals surface area contributed by atoms with Crippen LogP contribution >= 0.6 is 0 Å². The average molecular weight is 343 g/mol. The van der Waals surface area contributed by atoms with Crippen LogP contribution in [0.15, 0.2) is 48.5 Å². The van der Waals surface area contributed by atoms with Gasteiger partial charge in [-0.3, -0.25) is 9.59 Å². The summed E-state index contributed by atoms with van der Waals surface area (Å²) in [6.07, 6.45) is 1.77. The summed E-state index contributed by atoms with van der Waals surface area (Å²) in [5.41, 5.74) is -0.542. The highest BCUT2D eigenvalue weighted by atomic mass is 19.1. The number of carboxylic acids is 1. The Morgan fingerprint density at radius 3 is 2.56 bits per heavy atom. The molecule has 130 valence electrons. The van der Waals surface area contributed by atoms with Gasteiger partial charge in [0.15, 0.2) is 5.75 Å². The third-order valence-electron chi connectivity index (χ3n) is 4.45. The minimum Gasteiger partial charge on any atom is -0.481 e. The zero-order valence-corrected chi connectivity index (χ0v) is 13.5. The lowest BCUT2D eigenvalue weighted by Crippen LogP contribution is -2.41. The molecule has 0 radical (unpaired) electrons. The van der Waals surface area contributed by atoms with E-state index in [0.29, 0.717) is 30.0 Å². The highest BCUT2D eigenvalue weighted by Crippen LogP contribution is 2.44. The smallest absolute Gasteiger partial charge is 0.310 e. The lowest BCUT2D eigenvalue weighted by atomic mass is 9.66. The summed E-state index contributed by atoms with van der Waals surface area (Å²) in [4.78, 5) is 23.7.